The van der Waals surface area contributed by atoms with E-state index in [1.54, 1.807) is 28.4 Å². The topological polar surface area (TPSA) is 49.9 Å². The SMILES string of the molecule is CC(C)C(=O)N(CC(=O)N1CCc2sccc2[C@H]1COc1ccc(F)cc1)CC1CC1. The number of carbonyl (C=O) groups is 2. The summed E-state index contributed by atoms with van der Waals surface area (Å²) >= 11 is 1.70. The second-order valence-corrected chi connectivity index (χ2v) is 9.73. The molecule has 4 rings (SSSR count). The summed E-state index contributed by atoms with van der Waals surface area (Å²) in [5, 5.41) is 2.05. The summed E-state index contributed by atoms with van der Waals surface area (Å²) < 4.78 is 19.1. The molecule has 0 unspecified atom stereocenters. The fraction of sp³-hybridized carbons (Fsp3) is 0.500. The molecule has 7 heteroatoms. The molecule has 1 aliphatic carbocycles. The van der Waals surface area contributed by atoms with Crippen molar-refractivity contribution >= 4 is 23.2 Å². The number of fused-ring (bicyclic) bond motifs is 1. The summed E-state index contributed by atoms with van der Waals surface area (Å²) in [6, 6.07) is 7.75. The van der Waals surface area contributed by atoms with Gasteiger partial charge in [0.25, 0.3) is 0 Å². The van der Waals surface area contributed by atoms with Crippen LogP contribution < -0.4 is 4.74 Å². The number of benzene rings is 1. The van der Waals surface area contributed by atoms with Crippen molar-refractivity contribution in [3.05, 3.63) is 52.0 Å². The molecular formula is C24H29FN2O3S. The maximum Gasteiger partial charge on any atom is 0.242 e. The minimum Gasteiger partial charge on any atom is -0.491 e. The summed E-state index contributed by atoms with van der Waals surface area (Å²) in [4.78, 5) is 30.9. The van der Waals surface area contributed by atoms with Crippen LogP contribution in [-0.4, -0.2) is 47.9 Å². The van der Waals surface area contributed by atoms with E-state index in [4.69, 9.17) is 4.74 Å². The maximum atomic E-state index is 13.4. The van der Waals surface area contributed by atoms with Crippen molar-refractivity contribution in [3.8, 4) is 5.75 Å². The summed E-state index contributed by atoms with van der Waals surface area (Å²) in [6.07, 6.45) is 3.07. The predicted molar refractivity (Wildman–Crippen MR) is 119 cm³/mol. The maximum absolute atomic E-state index is 13.4. The molecule has 2 aromatic rings. The molecule has 2 aliphatic rings. The van der Waals surface area contributed by atoms with E-state index in [0.29, 0.717) is 31.4 Å². The van der Waals surface area contributed by atoms with Crippen LogP contribution in [-0.2, 0) is 16.0 Å². The molecule has 0 radical (unpaired) electrons. The van der Waals surface area contributed by atoms with Crippen molar-refractivity contribution < 1.29 is 18.7 Å². The van der Waals surface area contributed by atoms with E-state index in [1.807, 2.05) is 24.1 Å². The van der Waals surface area contributed by atoms with E-state index in [0.717, 1.165) is 24.8 Å². The summed E-state index contributed by atoms with van der Waals surface area (Å²) in [6.45, 7) is 5.44. The van der Waals surface area contributed by atoms with Gasteiger partial charge < -0.3 is 14.5 Å². The van der Waals surface area contributed by atoms with Gasteiger partial charge in [0.05, 0.1) is 12.6 Å². The lowest BCUT2D eigenvalue weighted by atomic mass is 10.00. The van der Waals surface area contributed by atoms with Gasteiger partial charge in [0.1, 0.15) is 18.2 Å². The molecule has 0 bridgehead atoms. The quantitative estimate of drug-likeness (QED) is 0.610. The average Bonchev–Trinajstić information content (AvgIpc) is 3.44. The van der Waals surface area contributed by atoms with Crippen LogP contribution in [0, 0.1) is 17.7 Å². The van der Waals surface area contributed by atoms with Crippen LogP contribution in [0.5, 0.6) is 5.75 Å². The van der Waals surface area contributed by atoms with Gasteiger partial charge in [-0.25, -0.2) is 4.39 Å². The van der Waals surface area contributed by atoms with Gasteiger partial charge in [-0.3, -0.25) is 9.59 Å². The van der Waals surface area contributed by atoms with Crippen LogP contribution in [0.25, 0.3) is 0 Å². The molecule has 166 valence electrons. The van der Waals surface area contributed by atoms with Gasteiger partial charge in [0, 0.05) is 23.9 Å². The molecular weight excluding hydrogens is 415 g/mol. The van der Waals surface area contributed by atoms with Crippen LogP contribution in [0.1, 0.15) is 43.2 Å². The number of thiophene rings is 1. The molecule has 1 aliphatic heterocycles. The highest BCUT2D eigenvalue weighted by molar-refractivity contribution is 7.10. The van der Waals surface area contributed by atoms with Crippen LogP contribution in [0.4, 0.5) is 4.39 Å². The van der Waals surface area contributed by atoms with E-state index >= 15 is 0 Å². The van der Waals surface area contributed by atoms with E-state index < -0.39 is 0 Å². The Bertz CT molecular complexity index is 923. The molecule has 2 heterocycles. The number of ether oxygens (including phenoxy) is 1. The lowest BCUT2D eigenvalue weighted by Gasteiger charge is -2.37. The number of nitrogens with zero attached hydrogens (tertiary/aromatic N) is 2. The summed E-state index contributed by atoms with van der Waals surface area (Å²) in [5.41, 5.74) is 1.11. The highest BCUT2D eigenvalue weighted by Gasteiger charge is 2.35. The lowest BCUT2D eigenvalue weighted by molar-refractivity contribution is -0.144. The van der Waals surface area contributed by atoms with Crippen LogP contribution in [0.2, 0.25) is 0 Å². The lowest BCUT2D eigenvalue weighted by Crippen LogP contribution is -2.49. The highest BCUT2D eigenvalue weighted by atomic mass is 32.1. The third-order valence-corrected chi connectivity index (χ3v) is 6.94. The Kier molecular flexibility index (Phi) is 6.60. The third kappa shape index (κ3) is 5.26. The standard InChI is InChI=1S/C24H29FN2O3S/c1-16(2)24(29)26(13-17-3-4-17)14-23(28)27-11-9-22-20(10-12-31-22)21(27)15-30-19-7-5-18(25)6-8-19/h5-8,10,12,16-17,21H,3-4,9,11,13-15H2,1-2H3/t21-/m1/s1. The zero-order chi connectivity index (χ0) is 22.0. The first kappa shape index (κ1) is 21.8. The Morgan fingerprint density at radius 3 is 2.65 bits per heavy atom. The fourth-order valence-corrected chi connectivity index (χ4v) is 4.97. The molecule has 1 fully saturated rings. The van der Waals surface area contributed by atoms with Gasteiger partial charge in [0.15, 0.2) is 0 Å². The molecule has 1 saturated carbocycles. The molecule has 0 saturated heterocycles. The van der Waals surface area contributed by atoms with Crippen molar-refractivity contribution in [2.45, 2.75) is 39.2 Å². The number of amides is 2. The van der Waals surface area contributed by atoms with Crippen LogP contribution in [0.15, 0.2) is 35.7 Å². The van der Waals surface area contributed by atoms with E-state index in [-0.39, 0.29) is 36.1 Å². The Morgan fingerprint density at radius 2 is 1.97 bits per heavy atom. The van der Waals surface area contributed by atoms with Gasteiger partial charge in [-0.05, 0) is 66.5 Å². The Hall–Kier alpha value is -2.41. The Morgan fingerprint density at radius 1 is 1.23 bits per heavy atom. The first-order chi connectivity index (χ1) is 14.9. The van der Waals surface area contributed by atoms with Gasteiger partial charge >= 0.3 is 0 Å². The smallest absolute Gasteiger partial charge is 0.242 e. The zero-order valence-corrected chi connectivity index (χ0v) is 18.9. The minimum atomic E-state index is -0.312. The third-order valence-electron chi connectivity index (χ3n) is 5.94. The molecule has 5 nitrogen and oxygen atoms in total. The molecule has 2 amide bonds. The Labute approximate surface area is 186 Å². The Balaban J connectivity index is 1.49. The first-order valence-electron chi connectivity index (χ1n) is 10.9. The minimum absolute atomic E-state index is 0.0348. The molecule has 0 spiro atoms. The summed E-state index contributed by atoms with van der Waals surface area (Å²) in [5.74, 6) is 0.646. The van der Waals surface area contributed by atoms with Crippen LogP contribution in [0.3, 0.4) is 0 Å². The second kappa shape index (κ2) is 9.39. The number of rotatable bonds is 8. The number of hydrogen-bond donors (Lipinski definition) is 0. The van der Waals surface area contributed by atoms with Gasteiger partial charge in [-0.1, -0.05) is 13.8 Å². The van der Waals surface area contributed by atoms with Crippen molar-refractivity contribution in [2.24, 2.45) is 11.8 Å². The van der Waals surface area contributed by atoms with Crippen molar-refractivity contribution in [1.29, 1.82) is 0 Å². The normalized spacial score (nSPS) is 18.1. The van der Waals surface area contributed by atoms with Gasteiger partial charge in [-0.2, -0.15) is 0 Å². The van der Waals surface area contributed by atoms with Crippen LogP contribution >= 0.6 is 11.3 Å². The average molecular weight is 445 g/mol. The van der Waals surface area contributed by atoms with Crippen molar-refractivity contribution in [1.82, 2.24) is 9.80 Å². The monoisotopic (exact) mass is 444 g/mol. The number of hydrogen-bond acceptors (Lipinski definition) is 4. The van der Waals surface area contributed by atoms with E-state index in [2.05, 4.69) is 6.07 Å². The largest absolute Gasteiger partial charge is 0.491 e. The fourth-order valence-electron chi connectivity index (χ4n) is 4.04. The first-order valence-corrected chi connectivity index (χ1v) is 11.8. The van der Waals surface area contributed by atoms with E-state index in [9.17, 15) is 14.0 Å². The van der Waals surface area contributed by atoms with Gasteiger partial charge in [0.2, 0.25) is 11.8 Å². The summed E-state index contributed by atoms with van der Waals surface area (Å²) in [7, 11) is 0. The number of halogens is 1. The predicted octanol–water partition coefficient (Wildman–Crippen LogP) is 4.29. The molecule has 1 aromatic carbocycles. The zero-order valence-electron chi connectivity index (χ0n) is 18.1. The molecule has 0 N–H and O–H groups in total. The molecule has 1 atom stereocenters. The highest BCUT2D eigenvalue weighted by Crippen LogP contribution is 2.34. The van der Waals surface area contributed by atoms with E-state index in [1.165, 1.54) is 17.0 Å². The van der Waals surface area contributed by atoms with Gasteiger partial charge in [-0.15, -0.1) is 11.3 Å². The molecule has 1 aromatic heterocycles. The number of carbonyl (C=O) groups excluding carboxylic acids is 2. The van der Waals surface area contributed by atoms with Crippen molar-refractivity contribution in [2.75, 3.05) is 26.2 Å². The molecule has 31 heavy (non-hydrogen) atoms. The second-order valence-electron chi connectivity index (χ2n) is 8.73. The van der Waals surface area contributed by atoms with Crippen molar-refractivity contribution in [3.63, 3.8) is 0 Å².